The summed E-state index contributed by atoms with van der Waals surface area (Å²) in [4.78, 5) is 51.1. The SMILES string of the molecule is CCOC(=O)c1c(NC(=O)C(=O)NN=C(C)c2ccccc2OC(=O)c2ccc(Cl)cc2)sc2c1CCC2. The maximum Gasteiger partial charge on any atom is 0.343 e. The van der Waals surface area contributed by atoms with Crippen molar-refractivity contribution < 1.29 is 28.7 Å². The van der Waals surface area contributed by atoms with E-state index in [1.54, 1.807) is 62.4 Å². The lowest BCUT2D eigenvalue weighted by atomic mass is 10.1. The molecule has 196 valence electrons. The fourth-order valence-corrected chi connectivity index (χ4v) is 5.31. The number of rotatable bonds is 7. The van der Waals surface area contributed by atoms with Gasteiger partial charge in [-0.1, -0.05) is 23.7 Å². The largest absolute Gasteiger partial charge is 0.462 e. The number of esters is 2. The molecule has 2 aromatic carbocycles. The van der Waals surface area contributed by atoms with Crippen LogP contribution < -0.4 is 15.5 Å². The number of carbonyl (C=O) groups is 4. The Morgan fingerprint density at radius 2 is 1.74 bits per heavy atom. The molecular weight excluding hydrogens is 530 g/mol. The fourth-order valence-electron chi connectivity index (χ4n) is 3.92. The average Bonchev–Trinajstić information content (AvgIpc) is 3.48. The molecule has 0 saturated carbocycles. The fraction of sp³-hybridized carbons (Fsp3) is 0.222. The number of carbonyl (C=O) groups excluding carboxylic acids is 4. The standard InChI is InChI=1S/C27H24ClN3O6S/c1-3-36-27(35)22-19-8-6-10-21(19)38-25(22)29-23(32)24(33)31-30-15(2)18-7-4-5-9-20(18)37-26(34)16-11-13-17(28)14-12-16/h4-5,7,9,11-14H,3,6,8,10H2,1-2H3,(H,29,32)(H,31,33). The third kappa shape index (κ3) is 6.09. The van der Waals surface area contributed by atoms with Gasteiger partial charge in [0.25, 0.3) is 0 Å². The number of benzene rings is 2. The van der Waals surface area contributed by atoms with Crippen molar-refractivity contribution in [1.82, 2.24) is 5.43 Å². The van der Waals surface area contributed by atoms with E-state index in [-0.39, 0.29) is 17.4 Å². The Kier molecular flexibility index (Phi) is 8.55. The summed E-state index contributed by atoms with van der Waals surface area (Å²) in [6, 6.07) is 12.9. The molecule has 1 heterocycles. The zero-order chi connectivity index (χ0) is 27.2. The van der Waals surface area contributed by atoms with Crippen LogP contribution in [0, 0.1) is 0 Å². The molecule has 1 aliphatic carbocycles. The molecule has 0 fully saturated rings. The lowest BCUT2D eigenvalue weighted by Crippen LogP contribution is -2.33. The first kappa shape index (κ1) is 27.0. The van der Waals surface area contributed by atoms with Crippen LogP contribution >= 0.6 is 22.9 Å². The monoisotopic (exact) mass is 553 g/mol. The van der Waals surface area contributed by atoms with Crippen LogP contribution in [0.1, 0.15) is 57.0 Å². The van der Waals surface area contributed by atoms with Crippen LogP contribution in [0.5, 0.6) is 5.75 Å². The first-order valence-electron chi connectivity index (χ1n) is 11.8. The van der Waals surface area contributed by atoms with E-state index in [0.717, 1.165) is 23.3 Å². The maximum atomic E-state index is 12.6. The van der Waals surface area contributed by atoms with Gasteiger partial charge in [-0.15, -0.1) is 11.3 Å². The number of halogens is 1. The number of anilines is 1. The summed E-state index contributed by atoms with van der Waals surface area (Å²) in [7, 11) is 0. The number of hydrogen-bond acceptors (Lipinski definition) is 8. The van der Waals surface area contributed by atoms with E-state index < -0.39 is 23.8 Å². The lowest BCUT2D eigenvalue weighted by molar-refractivity contribution is -0.136. The van der Waals surface area contributed by atoms with Gasteiger partial charge in [-0.2, -0.15) is 5.10 Å². The molecule has 0 bridgehead atoms. The van der Waals surface area contributed by atoms with Crippen LogP contribution in [-0.4, -0.2) is 36.1 Å². The van der Waals surface area contributed by atoms with Gasteiger partial charge in [0.1, 0.15) is 10.8 Å². The lowest BCUT2D eigenvalue weighted by Gasteiger charge is -2.10. The van der Waals surface area contributed by atoms with E-state index in [4.69, 9.17) is 21.1 Å². The Morgan fingerprint density at radius 1 is 1.00 bits per heavy atom. The van der Waals surface area contributed by atoms with Crippen LogP contribution in [0.3, 0.4) is 0 Å². The van der Waals surface area contributed by atoms with Crippen molar-refractivity contribution in [3.05, 3.63) is 80.7 Å². The van der Waals surface area contributed by atoms with Gasteiger partial charge in [-0.05, 0) is 75.1 Å². The first-order chi connectivity index (χ1) is 18.3. The highest BCUT2D eigenvalue weighted by Gasteiger charge is 2.29. The van der Waals surface area contributed by atoms with Crippen molar-refractivity contribution in [2.24, 2.45) is 5.10 Å². The quantitative estimate of drug-likeness (QED) is 0.143. The number of nitrogens with one attached hydrogen (secondary N) is 2. The highest BCUT2D eigenvalue weighted by atomic mass is 35.5. The van der Waals surface area contributed by atoms with E-state index in [1.165, 1.54) is 11.3 Å². The van der Waals surface area contributed by atoms with Crippen LogP contribution in [-0.2, 0) is 27.2 Å². The highest BCUT2D eigenvalue weighted by molar-refractivity contribution is 7.17. The Morgan fingerprint density at radius 3 is 2.47 bits per heavy atom. The van der Waals surface area contributed by atoms with Crippen LogP contribution in [0.15, 0.2) is 53.6 Å². The molecule has 0 unspecified atom stereocenters. The average molecular weight is 554 g/mol. The second kappa shape index (κ2) is 12.0. The molecule has 1 aromatic heterocycles. The van der Waals surface area contributed by atoms with Crippen LogP contribution in [0.2, 0.25) is 5.02 Å². The van der Waals surface area contributed by atoms with Crippen LogP contribution in [0.25, 0.3) is 0 Å². The number of amides is 2. The summed E-state index contributed by atoms with van der Waals surface area (Å²) in [5.74, 6) is -2.90. The van der Waals surface area contributed by atoms with Gasteiger partial charge < -0.3 is 14.8 Å². The molecular formula is C27H24ClN3O6S. The molecule has 2 amide bonds. The smallest absolute Gasteiger partial charge is 0.343 e. The third-order valence-electron chi connectivity index (χ3n) is 5.72. The molecule has 0 aliphatic heterocycles. The van der Waals surface area contributed by atoms with Gasteiger partial charge in [-0.25, -0.2) is 15.0 Å². The maximum absolute atomic E-state index is 12.6. The predicted octanol–water partition coefficient (Wildman–Crippen LogP) is 4.77. The summed E-state index contributed by atoms with van der Waals surface area (Å²) in [6.07, 6.45) is 2.44. The number of thiophene rings is 1. The van der Waals surface area contributed by atoms with Crippen molar-refractivity contribution in [2.75, 3.05) is 11.9 Å². The molecule has 0 radical (unpaired) electrons. The predicted molar refractivity (Wildman–Crippen MR) is 144 cm³/mol. The van der Waals surface area contributed by atoms with E-state index in [0.29, 0.717) is 33.8 Å². The number of para-hydroxylation sites is 1. The molecule has 3 aromatic rings. The van der Waals surface area contributed by atoms with Crippen molar-refractivity contribution in [2.45, 2.75) is 33.1 Å². The van der Waals surface area contributed by atoms with Crippen molar-refractivity contribution in [1.29, 1.82) is 0 Å². The van der Waals surface area contributed by atoms with Gasteiger partial charge in [0.2, 0.25) is 0 Å². The van der Waals surface area contributed by atoms with Crippen molar-refractivity contribution >= 4 is 57.4 Å². The number of fused-ring (bicyclic) bond motifs is 1. The van der Waals surface area contributed by atoms with Gasteiger partial charge in [0, 0.05) is 15.5 Å². The Bertz CT molecular complexity index is 1430. The molecule has 9 nitrogen and oxygen atoms in total. The summed E-state index contributed by atoms with van der Waals surface area (Å²) < 4.78 is 10.7. The van der Waals surface area contributed by atoms with E-state index in [1.807, 2.05) is 0 Å². The zero-order valence-corrected chi connectivity index (χ0v) is 22.2. The van der Waals surface area contributed by atoms with Gasteiger partial charge in [-0.3, -0.25) is 9.59 Å². The zero-order valence-electron chi connectivity index (χ0n) is 20.6. The number of hydrazone groups is 1. The summed E-state index contributed by atoms with van der Waals surface area (Å²) in [5.41, 5.74) is 4.43. The Balaban J connectivity index is 1.44. The molecule has 4 rings (SSSR count). The minimum absolute atomic E-state index is 0.196. The van der Waals surface area contributed by atoms with E-state index in [2.05, 4.69) is 15.8 Å². The first-order valence-corrected chi connectivity index (χ1v) is 13.0. The second-order valence-corrected chi connectivity index (χ2v) is 9.81. The van der Waals surface area contributed by atoms with Crippen molar-refractivity contribution in [3.63, 3.8) is 0 Å². The number of nitrogens with zero attached hydrogens (tertiary/aromatic N) is 1. The molecule has 2 N–H and O–H groups in total. The van der Waals surface area contributed by atoms with Crippen LogP contribution in [0.4, 0.5) is 5.00 Å². The van der Waals surface area contributed by atoms with Gasteiger partial charge in [0.05, 0.1) is 23.4 Å². The number of ether oxygens (including phenoxy) is 2. The topological polar surface area (TPSA) is 123 Å². The van der Waals surface area contributed by atoms with Gasteiger partial charge >= 0.3 is 23.8 Å². The molecule has 11 heteroatoms. The third-order valence-corrected chi connectivity index (χ3v) is 7.18. The summed E-state index contributed by atoms with van der Waals surface area (Å²) >= 11 is 7.14. The second-order valence-electron chi connectivity index (χ2n) is 8.27. The number of hydrogen-bond donors (Lipinski definition) is 2. The molecule has 38 heavy (non-hydrogen) atoms. The molecule has 0 atom stereocenters. The summed E-state index contributed by atoms with van der Waals surface area (Å²) in [6.45, 7) is 3.49. The molecule has 1 aliphatic rings. The van der Waals surface area contributed by atoms with E-state index in [9.17, 15) is 19.2 Å². The molecule has 0 spiro atoms. The summed E-state index contributed by atoms with van der Waals surface area (Å²) in [5, 5.41) is 7.30. The number of aryl methyl sites for hydroxylation is 1. The minimum atomic E-state index is -1.02. The Labute approximate surface area is 227 Å². The normalized spacial score (nSPS) is 12.4. The Hall–Kier alpha value is -4.02. The van der Waals surface area contributed by atoms with E-state index >= 15 is 0 Å². The minimum Gasteiger partial charge on any atom is -0.462 e. The van der Waals surface area contributed by atoms with Crippen molar-refractivity contribution in [3.8, 4) is 5.75 Å². The highest BCUT2D eigenvalue weighted by Crippen LogP contribution is 2.39. The molecule has 0 saturated heterocycles. The van der Waals surface area contributed by atoms with Gasteiger partial charge in [0.15, 0.2) is 0 Å².